The first-order valence-corrected chi connectivity index (χ1v) is 6.25. The predicted octanol–water partition coefficient (Wildman–Crippen LogP) is 2.25. The van der Waals surface area contributed by atoms with Gasteiger partial charge in [0.1, 0.15) is 0 Å². The summed E-state index contributed by atoms with van der Waals surface area (Å²) in [6.45, 7) is 8.46. The Hall–Kier alpha value is -1.58. The molecule has 1 aliphatic heterocycles. The van der Waals surface area contributed by atoms with Gasteiger partial charge in [-0.3, -0.25) is 0 Å². The summed E-state index contributed by atoms with van der Waals surface area (Å²) in [4.78, 5) is 7.08. The Morgan fingerprint density at radius 1 is 1.12 bits per heavy atom. The second kappa shape index (κ2) is 3.72. The van der Waals surface area contributed by atoms with E-state index in [-0.39, 0.29) is 0 Å². The number of imidazole rings is 1. The van der Waals surface area contributed by atoms with Gasteiger partial charge in [-0.05, 0) is 39.7 Å². The van der Waals surface area contributed by atoms with E-state index in [4.69, 9.17) is 0 Å². The normalized spacial score (nSPS) is 16.1. The number of rotatable bonds is 1. The number of aromatic nitrogens is 3. The molecule has 17 heavy (non-hydrogen) atoms. The summed E-state index contributed by atoms with van der Waals surface area (Å²) in [6, 6.07) is 2.16. The van der Waals surface area contributed by atoms with Crippen LogP contribution in [0, 0.1) is 20.8 Å². The Labute approximate surface area is 101 Å². The monoisotopic (exact) mass is 230 g/mol. The maximum atomic E-state index is 4.66. The summed E-state index contributed by atoms with van der Waals surface area (Å²) in [7, 11) is 0. The van der Waals surface area contributed by atoms with E-state index in [0.29, 0.717) is 0 Å². The first-order valence-electron chi connectivity index (χ1n) is 6.25. The van der Waals surface area contributed by atoms with Gasteiger partial charge < -0.3 is 4.90 Å². The van der Waals surface area contributed by atoms with Crippen LogP contribution in [0.15, 0.2) is 6.07 Å². The number of aryl methyl sites for hydroxylation is 3. The van der Waals surface area contributed by atoms with Crippen molar-refractivity contribution >= 4 is 11.3 Å². The molecule has 1 saturated heterocycles. The highest BCUT2D eigenvalue weighted by Gasteiger charge is 2.18. The molecule has 4 heteroatoms. The van der Waals surface area contributed by atoms with Crippen LogP contribution in [-0.2, 0) is 0 Å². The SMILES string of the molecule is Cc1cc(N2CCCC2)c2nc(C)c(C)n2n1. The van der Waals surface area contributed by atoms with Crippen LogP contribution >= 0.6 is 0 Å². The van der Waals surface area contributed by atoms with Crippen molar-refractivity contribution in [3.8, 4) is 0 Å². The van der Waals surface area contributed by atoms with Gasteiger partial charge >= 0.3 is 0 Å². The van der Waals surface area contributed by atoms with Crippen molar-refractivity contribution in [1.82, 2.24) is 14.6 Å². The lowest BCUT2D eigenvalue weighted by atomic mass is 10.3. The fourth-order valence-corrected chi connectivity index (χ4v) is 2.53. The van der Waals surface area contributed by atoms with Crippen LogP contribution < -0.4 is 4.90 Å². The van der Waals surface area contributed by atoms with Crippen molar-refractivity contribution in [1.29, 1.82) is 0 Å². The number of nitrogens with zero attached hydrogens (tertiary/aromatic N) is 4. The molecule has 3 rings (SSSR count). The average molecular weight is 230 g/mol. The molecule has 4 nitrogen and oxygen atoms in total. The number of hydrogen-bond acceptors (Lipinski definition) is 3. The van der Waals surface area contributed by atoms with Crippen LogP contribution in [0.25, 0.3) is 5.65 Å². The molecular weight excluding hydrogens is 212 g/mol. The second-order valence-electron chi connectivity index (χ2n) is 4.88. The van der Waals surface area contributed by atoms with Crippen LogP contribution in [0.3, 0.4) is 0 Å². The predicted molar refractivity (Wildman–Crippen MR) is 68.6 cm³/mol. The zero-order valence-corrected chi connectivity index (χ0v) is 10.7. The molecule has 0 unspecified atom stereocenters. The highest BCUT2D eigenvalue weighted by Crippen LogP contribution is 2.26. The highest BCUT2D eigenvalue weighted by molar-refractivity contribution is 5.70. The van der Waals surface area contributed by atoms with Crippen molar-refractivity contribution in [2.75, 3.05) is 18.0 Å². The molecule has 0 atom stereocenters. The van der Waals surface area contributed by atoms with E-state index in [2.05, 4.69) is 28.0 Å². The second-order valence-corrected chi connectivity index (χ2v) is 4.88. The summed E-state index contributed by atoms with van der Waals surface area (Å²) >= 11 is 0. The van der Waals surface area contributed by atoms with E-state index in [1.807, 2.05) is 18.4 Å². The van der Waals surface area contributed by atoms with E-state index >= 15 is 0 Å². The molecule has 0 radical (unpaired) electrons. The first kappa shape index (κ1) is 10.6. The quantitative estimate of drug-likeness (QED) is 0.753. The van der Waals surface area contributed by atoms with Crippen molar-refractivity contribution in [2.45, 2.75) is 33.6 Å². The molecule has 0 bridgehead atoms. The third-order valence-corrected chi connectivity index (χ3v) is 3.59. The van der Waals surface area contributed by atoms with Gasteiger partial charge in [-0.25, -0.2) is 9.50 Å². The van der Waals surface area contributed by atoms with Gasteiger partial charge in [-0.15, -0.1) is 0 Å². The van der Waals surface area contributed by atoms with Gasteiger partial charge in [0.2, 0.25) is 0 Å². The molecule has 0 amide bonds. The fourth-order valence-electron chi connectivity index (χ4n) is 2.53. The summed E-state index contributed by atoms with van der Waals surface area (Å²) < 4.78 is 1.98. The van der Waals surface area contributed by atoms with Gasteiger partial charge in [0.15, 0.2) is 5.65 Å². The number of hydrogen-bond donors (Lipinski definition) is 0. The molecule has 0 saturated carbocycles. The Balaban J connectivity index is 2.25. The molecule has 0 spiro atoms. The standard InChI is InChI=1S/C13H18N4/c1-9-8-12(16-6-4-5-7-16)13-14-10(2)11(3)17(13)15-9/h8H,4-7H2,1-3H3. The Kier molecular flexibility index (Phi) is 2.31. The maximum absolute atomic E-state index is 4.66. The molecule has 1 fully saturated rings. The highest BCUT2D eigenvalue weighted by atomic mass is 15.3. The third kappa shape index (κ3) is 1.59. The molecule has 0 N–H and O–H groups in total. The first-order chi connectivity index (χ1) is 8.16. The topological polar surface area (TPSA) is 33.4 Å². The van der Waals surface area contributed by atoms with Crippen molar-refractivity contribution in [3.63, 3.8) is 0 Å². The van der Waals surface area contributed by atoms with Gasteiger partial charge in [-0.2, -0.15) is 5.10 Å². The molecule has 0 aliphatic carbocycles. The summed E-state index contributed by atoms with van der Waals surface area (Å²) in [5.41, 5.74) is 5.52. The minimum absolute atomic E-state index is 1.01. The van der Waals surface area contributed by atoms with Crippen LogP contribution in [0.1, 0.15) is 29.9 Å². The van der Waals surface area contributed by atoms with Crippen molar-refractivity contribution in [2.24, 2.45) is 0 Å². The van der Waals surface area contributed by atoms with Gasteiger partial charge in [-0.1, -0.05) is 0 Å². The van der Waals surface area contributed by atoms with E-state index < -0.39 is 0 Å². The molecule has 2 aromatic heterocycles. The maximum Gasteiger partial charge on any atom is 0.177 e. The lowest BCUT2D eigenvalue weighted by molar-refractivity contribution is 0.854. The van der Waals surface area contributed by atoms with E-state index in [1.54, 1.807) is 0 Å². The van der Waals surface area contributed by atoms with E-state index in [9.17, 15) is 0 Å². The molecular formula is C13H18N4. The lowest BCUT2D eigenvalue weighted by Crippen LogP contribution is -2.19. The molecule has 2 aromatic rings. The largest absolute Gasteiger partial charge is 0.368 e. The molecule has 1 aliphatic rings. The minimum atomic E-state index is 1.01. The van der Waals surface area contributed by atoms with Gasteiger partial charge in [0.25, 0.3) is 0 Å². The Bertz CT molecular complexity index is 564. The van der Waals surface area contributed by atoms with Crippen molar-refractivity contribution in [3.05, 3.63) is 23.1 Å². The minimum Gasteiger partial charge on any atom is -0.368 e. The van der Waals surface area contributed by atoms with Gasteiger partial charge in [0, 0.05) is 13.1 Å². The van der Waals surface area contributed by atoms with Crippen LogP contribution in [0.5, 0.6) is 0 Å². The average Bonchev–Trinajstić information content (AvgIpc) is 2.90. The summed E-state index contributed by atoms with van der Waals surface area (Å²) in [5.74, 6) is 0. The fraction of sp³-hybridized carbons (Fsp3) is 0.538. The Morgan fingerprint density at radius 3 is 2.53 bits per heavy atom. The number of fused-ring (bicyclic) bond motifs is 1. The molecule has 90 valence electrons. The van der Waals surface area contributed by atoms with E-state index in [1.165, 1.54) is 18.5 Å². The molecule has 0 aromatic carbocycles. The Morgan fingerprint density at radius 2 is 1.82 bits per heavy atom. The van der Waals surface area contributed by atoms with E-state index in [0.717, 1.165) is 35.8 Å². The van der Waals surface area contributed by atoms with Crippen LogP contribution in [-0.4, -0.2) is 27.7 Å². The summed E-state index contributed by atoms with van der Waals surface area (Å²) in [6.07, 6.45) is 2.57. The van der Waals surface area contributed by atoms with Gasteiger partial charge in [0.05, 0.1) is 22.8 Å². The third-order valence-electron chi connectivity index (χ3n) is 3.59. The number of anilines is 1. The zero-order valence-electron chi connectivity index (χ0n) is 10.7. The molecule has 3 heterocycles. The summed E-state index contributed by atoms with van der Waals surface area (Å²) in [5, 5.41) is 4.56. The van der Waals surface area contributed by atoms with Crippen molar-refractivity contribution < 1.29 is 0 Å². The zero-order chi connectivity index (χ0) is 12.0. The smallest absolute Gasteiger partial charge is 0.177 e. The van der Waals surface area contributed by atoms with Crippen LogP contribution in [0.2, 0.25) is 0 Å². The van der Waals surface area contributed by atoms with Crippen LogP contribution in [0.4, 0.5) is 5.69 Å². The lowest BCUT2D eigenvalue weighted by Gasteiger charge is -2.18.